The molecule has 0 unspecified atom stereocenters. The van der Waals surface area contributed by atoms with Crippen molar-refractivity contribution in [3.8, 4) is 0 Å². The van der Waals surface area contributed by atoms with Gasteiger partial charge in [-0.05, 0) is 20.4 Å². The van der Waals surface area contributed by atoms with Gasteiger partial charge in [-0.2, -0.15) is 0 Å². The Bertz CT molecular complexity index is 140. The van der Waals surface area contributed by atoms with Crippen LogP contribution in [0.5, 0.6) is 0 Å². The number of likely N-dealkylation sites (N-methyl/N-ethyl adjacent to an activating group) is 1. The molecule has 0 rings (SSSR count). The predicted octanol–water partition coefficient (Wildman–Crippen LogP) is 1.38. The zero-order valence-electron chi connectivity index (χ0n) is 7.55. The number of allylic oxidation sites excluding steroid dienone is 1. The SMILES string of the molecule is CNC/C=C/C[C@H](C)C(C)=O. The van der Waals surface area contributed by atoms with Gasteiger partial charge in [0.05, 0.1) is 0 Å². The summed E-state index contributed by atoms with van der Waals surface area (Å²) >= 11 is 0. The molecule has 0 aliphatic rings. The van der Waals surface area contributed by atoms with Gasteiger partial charge in [-0.15, -0.1) is 0 Å². The second kappa shape index (κ2) is 6.10. The van der Waals surface area contributed by atoms with Crippen molar-refractivity contribution >= 4 is 5.78 Å². The number of carbonyl (C=O) groups excluding carboxylic acids is 1. The van der Waals surface area contributed by atoms with Crippen molar-refractivity contribution in [2.75, 3.05) is 13.6 Å². The van der Waals surface area contributed by atoms with Crippen LogP contribution in [0.1, 0.15) is 20.3 Å². The average molecular weight is 155 g/mol. The van der Waals surface area contributed by atoms with Gasteiger partial charge in [-0.3, -0.25) is 4.79 Å². The summed E-state index contributed by atoms with van der Waals surface area (Å²) in [5, 5.41) is 3.00. The quantitative estimate of drug-likeness (QED) is 0.608. The first-order valence-corrected chi connectivity index (χ1v) is 3.98. The highest BCUT2D eigenvalue weighted by molar-refractivity contribution is 5.77. The van der Waals surface area contributed by atoms with Gasteiger partial charge >= 0.3 is 0 Å². The van der Waals surface area contributed by atoms with Gasteiger partial charge < -0.3 is 5.32 Å². The van der Waals surface area contributed by atoms with E-state index in [-0.39, 0.29) is 11.7 Å². The minimum Gasteiger partial charge on any atom is -0.316 e. The maximum absolute atomic E-state index is 10.8. The summed E-state index contributed by atoms with van der Waals surface area (Å²) in [6, 6.07) is 0. The topological polar surface area (TPSA) is 29.1 Å². The van der Waals surface area contributed by atoms with Crippen molar-refractivity contribution in [2.24, 2.45) is 5.92 Å². The molecule has 1 atom stereocenters. The second-order valence-electron chi connectivity index (χ2n) is 2.78. The van der Waals surface area contributed by atoms with Crippen molar-refractivity contribution in [3.63, 3.8) is 0 Å². The third-order valence-corrected chi connectivity index (χ3v) is 1.67. The van der Waals surface area contributed by atoms with Crippen LogP contribution < -0.4 is 5.32 Å². The van der Waals surface area contributed by atoms with Crippen LogP contribution >= 0.6 is 0 Å². The van der Waals surface area contributed by atoms with Gasteiger partial charge in [0.25, 0.3) is 0 Å². The molecule has 0 spiro atoms. The van der Waals surface area contributed by atoms with E-state index in [0.29, 0.717) is 0 Å². The molecule has 0 aliphatic heterocycles. The molecule has 1 N–H and O–H groups in total. The molecule has 0 saturated heterocycles. The average Bonchev–Trinajstić information content (AvgIpc) is 1.97. The third-order valence-electron chi connectivity index (χ3n) is 1.67. The van der Waals surface area contributed by atoms with E-state index in [1.165, 1.54) is 0 Å². The van der Waals surface area contributed by atoms with Gasteiger partial charge in [0.2, 0.25) is 0 Å². The summed E-state index contributed by atoms with van der Waals surface area (Å²) in [5.74, 6) is 0.433. The standard InChI is InChI=1S/C9H17NO/c1-8(9(2)11)6-4-5-7-10-3/h4-5,8,10H,6-7H2,1-3H3/b5-4+/t8-/m0/s1. The van der Waals surface area contributed by atoms with E-state index in [1.807, 2.05) is 26.1 Å². The first kappa shape index (κ1) is 10.4. The number of Topliss-reactive ketones (excluding diaryl/α,β-unsaturated/α-hetero) is 1. The summed E-state index contributed by atoms with van der Waals surface area (Å²) < 4.78 is 0. The number of ketones is 1. The van der Waals surface area contributed by atoms with Gasteiger partial charge in [-0.25, -0.2) is 0 Å². The van der Waals surface area contributed by atoms with Gasteiger partial charge in [-0.1, -0.05) is 19.1 Å². The molecular weight excluding hydrogens is 138 g/mol. The van der Waals surface area contributed by atoms with Crippen molar-refractivity contribution in [1.82, 2.24) is 5.32 Å². The molecule has 2 nitrogen and oxygen atoms in total. The van der Waals surface area contributed by atoms with E-state index in [2.05, 4.69) is 5.32 Å². The molecule has 2 heteroatoms. The zero-order valence-corrected chi connectivity index (χ0v) is 7.55. The molecule has 0 aromatic heterocycles. The van der Waals surface area contributed by atoms with Crippen molar-refractivity contribution in [3.05, 3.63) is 12.2 Å². The summed E-state index contributed by atoms with van der Waals surface area (Å²) in [7, 11) is 1.90. The number of hydrogen-bond donors (Lipinski definition) is 1. The maximum Gasteiger partial charge on any atom is 0.132 e. The Morgan fingerprint density at radius 2 is 2.18 bits per heavy atom. The Kier molecular flexibility index (Phi) is 5.75. The Labute approximate surface area is 68.7 Å². The number of nitrogens with one attached hydrogen (secondary N) is 1. The van der Waals surface area contributed by atoms with E-state index >= 15 is 0 Å². The lowest BCUT2D eigenvalue weighted by Gasteiger charge is -2.01. The Morgan fingerprint density at radius 1 is 1.55 bits per heavy atom. The van der Waals surface area contributed by atoms with Gasteiger partial charge in [0, 0.05) is 12.5 Å². The maximum atomic E-state index is 10.8. The molecule has 0 aliphatic carbocycles. The highest BCUT2D eigenvalue weighted by Gasteiger charge is 2.03. The zero-order chi connectivity index (χ0) is 8.69. The van der Waals surface area contributed by atoms with Gasteiger partial charge in [0.1, 0.15) is 5.78 Å². The molecule has 0 amide bonds. The molecule has 0 fully saturated rings. The summed E-state index contributed by atoms with van der Waals surface area (Å²) in [5.41, 5.74) is 0. The predicted molar refractivity (Wildman–Crippen MR) is 47.5 cm³/mol. The van der Waals surface area contributed by atoms with Crippen LogP contribution in [0.3, 0.4) is 0 Å². The van der Waals surface area contributed by atoms with Crippen LogP contribution in [0, 0.1) is 5.92 Å². The van der Waals surface area contributed by atoms with Crippen molar-refractivity contribution in [1.29, 1.82) is 0 Å². The summed E-state index contributed by atoms with van der Waals surface area (Å²) in [6.07, 6.45) is 4.94. The number of hydrogen-bond acceptors (Lipinski definition) is 2. The molecule has 0 heterocycles. The fraction of sp³-hybridized carbons (Fsp3) is 0.667. The third kappa shape index (κ3) is 5.80. The van der Waals surface area contributed by atoms with Crippen LogP contribution in [-0.4, -0.2) is 19.4 Å². The van der Waals surface area contributed by atoms with Crippen LogP contribution in [0.25, 0.3) is 0 Å². The molecule has 0 bridgehead atoms. The first-order chi connectivity index (χ1) is 5.18. The second-order valence-corrected chi connectivity index (χ2v) is 2.78. The molecule has 0 aromatic rings. The Hall–Kier alpha value is -0.630. The highest BCUT2D eigenvalue weighted by atomic mass is 16.1. The molecule has 11 heavy (non-hydrogen) atoms. The fourth-order valence-corrected chi connectivity index (χ4v) is 0.667. The van der Waals surface area contributed by atoms with Crippen LogP contribution in [-0.2, 0) is 4.79 Å². The Morgan fingerprint density at radius 3 is 2.64 bits per heavy atom. The van der Waals surface area contributed by atoms with E-state index in [1.54, 1.807) is 6.92 Å². The number of carbonyl (C=O) groups is 1. The summed E-state index contributed by atoms with van der Waals surface area (Å²) in [4.78, 5) is 10.8. The molecule has 0 radical (unpaired) electrons. The van der Waals surface area contributed by atoms with E-state index in [4.69, 9.17) is 0 Å². The van der Waals surface area contributed by atoms with Gasteiger partial charge in [0.15, 0.2) is 0 Å². The minimum atomic E-state index is 0.170. The number of rotatable bonds is 5. The van der Waals surface area contributed by atoms with Crippen molar-refractivity contribution < 1.29 is 4.79 Å². The molecule has 0 aromatic carbocycles. The largest absolute Gasteiger partial charge is 0.316 e. The first-order valence-electron chi connectivity index (χ1n) is 3.98. The van der Waals surface area contributed by atoms with E-state index in [0.717, 1.165) is 13.0 Å². The fourth-order valence-electron chi connectivity index (χ4n) is 0.667. The van der Waals surface area contributed by atoms with Crippen molar-refractivity contribution in [2.45, 2.75) is 20.3 Å². The van der Waals surface area contributed by atoms with E-state index in [9.17, 15) is 4.79 Å². The smallest absolute Gasteiger partial charge is 0.132 e. The molecular formula is C9H17NO. The lowest BCUT2D eigenvalue weighted by atomic mass is 10.0. The summed E-state index contributed by atoms with van der Waals surface area (Å²) in [6.45, 7) is 4.47. The normalized spacial score (nSPS) is 13.7. The van der Waals surface area contributed by atoms with E-state index < -0.39 is 0 Å². The highest BCUT2D eigenvalue weighted by Crippen LogP contribution is 2.02. The molecule has 64 valence electrons. The lowest BCUT2D eigenvalue weighted by Crippen LogP contribution is -2.06. The Balaban J connectivity index is 3.44. The van der Waals surface area contributed by atoms with Crippen LogP contribution in [0.15, 0.2) is 12.2 Å². The lowest BCUT2D eigenvalue weighted by molar-refractivity contribution is -0.120. The monoisotopic (exact) mass is 155 g/mol. The van der Waals surface area contributed by atoms with Crippen LogP contribution in [0.4, 0.5) is 0 Å². The minimum absolute atomic E-state index is 0.170. The molecule has 0 saturated carbocycles. The van der Waals surface area contributed by atoms with Crippen LogP contribution in [0.2, 0.25) is 0 Å².